The lowest BCUT2D eigenvalue weighted by atomic mass is 10.0. The third-order valence-electron chi connectivity index (χ3n) is 6.75. The Morgan fingerprint density at radius 2 is 0.939 bits per heavy atom. The van der Waals surface area contributed by atoms with Crippen molar-refractivity contribution in [1.82, 2.24) is 5.32 Å². The van der Waals surface area contributed by atoms with Gasteiger partial charge in [-0.1, -0.05) is 117 Å². The second-order valence-corrected chi connectivity index (χ2v) is 10.2. The SMILES string of the molecule is CCCCCCCCNCCCCCCCC(=O)OC(CCCCCC)CCCCCCC. The van der Waals surface area contributed by atoms with Crippen LogP contribution in [0.25, 0.3) is 0 Å². The molecule has 0 amide bonds. The first-order valence-electron chi connectivity index (χ1n) is 15.1. The summed E-state index contributed by atoms with van der Waals surface area (Å²) in [6.45, 7) is 9.10. The molecule has 0 fully saturated rings. The summed E-state index contributed by atoms with van der Waals surface area (Å²) in [6.07, 6.45) is 28.5. The maximum atomic E-state index is 12.4. The van der Waals surface area contributed by atoms with E-state index in [1.54, 1.807) is 0 Å². The highest BCUT2D eigenvalue weighted by atomic mass is 16.5. The van der Waals surface area contributed by atoms with Crippen molar-refractivity contribution in [2.24, 2.45) is 0 Å². The molecule has 0 aromatic carbocycles. The zero-order chi connectivity index (χ0) is 24.2. The Kier molecular flexibility index (Phi) is 27.2. The molecular formula is C30H61NO2. The Morgan fingerprint density at radius 1 is 0.545 bits per heavy atom. The van der Waals surface area contributed by atoms with Gasteiger partial charge in [-0.3, -0.25) is 4.79 Å². The number of ether oxygens (including phenoxy) is 1. The van der Waals surface area contributed by atoms with E-state index in [1.807, 2.05) is 0 Å². The average Bonchev–Trinajstić information content (AvgIpc) is 2.81. The van der Waals surface area contributed by atoms with Crippen molar-refractivity contribution in [2.45, 2.75) is 175 Å². The van der Waals surface area contributed by atoms with Gasteiger partial charge in [-0.25, -0.2) is 0 Å². The van der Waals surface area contributed by atoms with Crippen LogP contribution in [0.3, 0.4) is 0 Å². The molecule has 1 atom stereocenters. The molecule has 0 saturated carbocycles. The normalized spacial score (nSPS) is 12.2. The van der Waals surface area contributed by atoms with Gasteiger partial charge >= 0.3 is 5.97 Å². The van der Waals surface area contributed by atoms with Gasteiger partial charge in [0, 0.05) is 6.42 Å². The zero-order valence-electron chi connectivity index (χ0n) is 23.1. The molecule has 0 rings (SSSR count). The van der Waals surface area contributed by atoms with Crippen molar-refractivity contribution in [3.63, 3.8) is 0 Å². The highest BCUT2D eigenvalue weighted by Crippen LogP contribution is 2.17. The highest BCUT2D eigenvalue weighted by Gasteiger charge is 2.14. The third kappa shape index (κ3) is 25.9. The fourth-order valence-electron chi connectivity index (χ4n) is 4.49. The van der Waals surface area contributed by atoms with E-state index in [2.05, 4.69) is 26.1 Å². The lowest BCUT2D eigenvalue weighted by Gasteiger charge is -2.18. The summed E-state index contributed by atoms with van der Waals surface area (Å²) in [7, 11) is 0. The van der Waals surface area contributed by atoms with Gasteiger partial charge in [0.15, 0.2) is 0 Å². The summed E-state index contributed by atoms with van der Waals surface area (Å²) in [6, 6.07) is 0. The lowest BCUT2D eigenvalue weighted by molar-refractivity contribution is -0.150. The Balaban J connectivity index is 3.68. The first-order valence-corrected chi connectivity index (χ1v) is 15.1. The molecule has 0 radical (unpaired) electrons. The molecule has 0 aliphatic heterocycles. The maximum absolute atomic E-state index is 12.4. The number of unbranched alkanes of at least 4 members (excludes halogenated alkanes) is 16. The number of nitrogens with one attached hydrogen (secondary N) is 1. The summed E-state index contributed by atoms with van der Waals surface area (Å²) in [5, 5.41) is 3.59. The first kappa shape index (κ1) is 32.4. The van der Waals surface area contributed by atoms with E-state index < -0.39 is 0 Å². The molecule has 1 N–H and O–H groups in total. The third-order valence-corrected chi connectivity index (χ3v) is 6.75. The topological polar surface area (TPSA) is 38.3 Å². The van der Waals surface area contributed by atoms with Crippen molar-refractivity contribution < 1.29 is 9.53 Å². The average molecular weight is 468 g/mol. The van der Waals surface area contributed by atoms with Gasteiger partial charge in [0.1, 0.15) is 6.10 Å². The molecule has 198 valence electrons. The van der Waals surface area contributed by atoms with Crippen LogP contribution in [0.5, 0.6) is 0 Å². The number of hydrogen-bond donors (Lipinski definition) is 1. The van der Waals surface area contributed by atoms with E-state index in [0.717, 1.165) is 32.2 Å². The molecule has 33 heavy (non-hydrogen) atoms. The number of carbonyl (C=O) groups excluding carboxylic acids is 1. The monoisotopic (exact) mass is 467 g/mol. The Bertz CT molecular complexity index is 385. The smallest absolute Gasteiger partial charge is 0.306 e. The molecule has 0 bridgehead atoms. The number of carbonyl (C=O) groups is 1. The highest BCUT2D eigenvalue weighted by molar-refractivity contribution is 5.69. The minimum Gasteiger partial charge on any atom is -0.462 e. The molecule has 0 heterocycles. The van der Waals surface area contributed by atoms with Crippen LogP contribution in [0.15, 0.2) is 0 Å². The van der Waals surface area contributed by atoms with E-state index in [9.17, 15) is 4.79 Å². The Hall–Kier alpha value is -0.570. The van der Waals surface area contributed by atoms with Gasteiger partial charge in [-0.2, -0.15) is 0 Å². The molecule has 0 aromatic rings. The van der Waals surface area contributed by atoms with Crippen LogP contribution in [0.2, 0.25) is 0 Å². The molecule has 0 aliphatic rings. The second-order valence-electron chi connectivity index (χ2n) is 10.2. The lowest BCUT2D eigenvalue weighted by Crippen LogP contribution is -2.18. The second kappa shape index (κ2) is 27.7. The quantitative estimate of drug-likeness (QED) is 0.0965. The predicted molar refractivity (Wildman–Crippen MR) is 146 cm³/mol. The van der Waals surface area contributed by atoms with Crippen molar-refractivity contribution in [2.75, 3.05) is 13.1 Å². The minimum atomic E-state index is 0.0460. The van der Waals surface area contributed by atoms with E-state index in [-0.39, 0.29) is 12.1 Å². The molecular weight excluding hydrogens is 406 g/mol. The van der Waals surface area contributed by atoms with E-state index in [0.29, 0.717) is 6.42 Å². The van der Waals surface area contributed by atoms with E-state index >= 15 is 0 Å². The van der Waals surface area contributed by atoms with Crippen LogP contribution in [-0.2, 0) is 9.53 Å². The molecule has 0 aromatic heterocycles. The minimum absolute atomic E-state index is 0.0460. The number of rotatable bonds is 27. The van der Waals surface area contributed by atoms with Crippen molar-refractivity contribution in [3.8, 4) is 0 Å². The molecule has 0 spiro atoms. The fourth-order valence-corrected chi connectivity index (χ4v) is 4.49. The standard InChI is InChI=1S/C30H61NO2/c1-4-7-10-13-17-22-27-31-28-23-18-14-16-21-26-30(32)33-29(24-19-12-9-6-3)25-20-15-11-8-5-2/h29,31H,4-28H2,1-3H3. The number of hydrogen-bond acceptors (Lipinski definition) is 3. The van der Waals surface area contributed by atoms with Gasteiger partial charge in [0.25, 0.3) is 0 Å². The molecule has 0 saturated heterocycles. The summed E-state index contributed by atoms with van der Waals surface area (Å²) >= 11 is 0. The van der Waals surface area contributed by atoms with Gasteiger partial charge in [0.2, 0.25) is 0 Å². The van der Waals surface area contributed by atoms with Gasteiger partial charge in [-0.05, 0) is 58.0 Å². The van der Waals surface area contributed by atoms with Crippen molar-refractivity contribution in [3.05, 3.63) is 0 Å². The molecule has 3 heteroatoms. The van der Waals surface area contributed by atoms with Crippen molar-refractivity contribution >= 4 is 5.97 Å². The Morgan fingerprint density at radius 3 is 1.45 bits per heavy atom. The van der Waals surface area contributed by atoms with Gasteiger partial charge in [0.05, 0.1) is 0 Å². The van der Waals surface area contributed by atoms with Crippen LogP contribution in [0.1, 0.15) is 168 Å². The van der Waals surface area contributed by atoms with Crippen LogP contribution < -0.4 is 5.32 Å². The van der Waals surface area contributed by atoms with E-state index in [1.165, 1.54) is 122 Å². The Labute approximate surface area is 208 Å². The number of esters is 1. The molecule has 3 nitrogen and oxygen atoms in total. The van der Waals surface area contributed by atoms with Gasteiger partial charge in [-0.15, -0.1) is 0 Å². The van der Waals surface area contributed by atoms with Crippen LogP contribution >= 0.6 is 0 Å². The van der Waals surface area contributed by atoms with E-state index in [4.69, 9.17) is 4.74 Å². The summed E-state index contributed by atoms with van der Waals surface area (Å²) in [5.41, 5.74) is 0. The fraction of sp³-hybridized carbons (Fsp3) is 0.967. The molecule has 0 aliphatic carbocycles. The van der Waals surface area contributed by atoms with Crippen LogP contribution in [0.4, 0.5) is 0 Å². The summed E-state index contributed by atoms with van der Waals surface area (Å²) < 4.78 is 5.90. The predicted octanol–water partition coefficient (Wildman–Crippen LogP) is 9.52. The maximum Gasteiger partial charge on any atom is 0.306 e. The first-order chi connectivity index (χ1) is 16.2. The largest absolute Gasteiger partial charge is 0.462 e. The summed E-state index contributed by atoms with van der Waals surface area (Å²) in [4.78, 5) is 12.4. The zero-order valence-corrected chi connectivity index (χ0v) is 23.1. The van der Waals surface area contributed by atoms with Crippen molar-refractivity contribution in [1.29, 1.82) is 0 Å². The van der Waals surface area contributed by atoms with Gasteiger partial charge < -0.3 is 10.1 Å². The van der Waals surface area contributed by atoms with Crippen LogP contribution in [-0.4, -0.2) is 25.2 Å². The summed E-state index contributed by atoms with van der Waals surface area (Å²) in [5.74, 6) is 0.0460. The molecule has 1 unspecified atom stereocenters. The van der Waals surface area contributed by atoms with Crippen LogP contribution in [0, 0.1) is 0 Å².